The van der Waals surface area contributed by atoms with Crippen LogP contribution < -0.4 is 4.90 Å². The van der Waals surface area contributed by atoms with Gasteiger partial charge in [0.15, 0.2) is 0 Å². The first-order chi connectivity index (χ1) is 9.15. The average Bonchev–Trinajstić information content (AvgIpc) is 2.44. The highest BCUT2D eigenvalue weighted by atomic mass is 19.1. The largest absolute Gasteiger partial charge is 0.309 e. The van der Waals surface area contributed by atoms with E-state index in [9.17, 15) is 9.18 Å². The van der Waals surface area contributed by atoms with Crippen LogP contribution in [0.3, 0.4) is 0 Å². The van der Waals surface area contributed by atoms with Gasteiger partial charge >= 0.3 is 0 Å². The number of amides is 1. The molecule has 0 heterocycles. The maximum Gasteiger partial charge on any atom is 0.261 e. The van der Waals surface area contributed by atoms with Crippen molar-refractivity contribution in [2.75, 3.05) is 11.4 Å². The van der Waals surface area contributed by atoms with E-state index in [-0.39, 0.29) is 11.5 Å². The van der Waals surface area contributed by atoms with Crippen molar-refractivity contribution >= 4 is 11.6 Å². The average molecular weight is 257 g/mol. The first kappa shape index (κ1) is 13.3. The molecule has 0 aromatic heterocycles. The molecule has 2 aromatic rings. The number of nitrogens with zero attached hydrogens (tertiary/aromatic N) is 1. The second-order valence-electron chi connectivity index (χ2n) is 4.32. The van der Waals surface area contributed by atoms with Gasteiger partial charge in [-0.25, -0.2) is 4.39 Å². The Hall–Kier alpha value is -2.16. The first-order valence-corrected chi connectivity index (χ1v) is 6.27. The standard InChI is InChI=1S/C16H16FNO/c1-3-18(13-9-5-4-6-10-13)16(19)14-11-7-8-12(2)15(14)17/h4-11H,3H2,1-2H3. The molecular formula is C16H16FNO. The summed E-state index contributed by atoms with van der Waals surface area (Å²) in [4.78, 5) is 14.0. The third-order valence-electron chi connectivity index (χ3n) is 3.05. The van der Waals surface area contributed by atoms with Crippen LogP contribution in [-0.4, -0.2) is 12.5 Å². The van der Waals surface area contributed by atoms with Crippen LogP contribution in [0.15, 0.2) is 48.5 Å². The zero-order chi connectivity index (χ0) is 13.8. The fraction of sp³-hybridized carbons (Fsp3) is 0.188. The Balaban J connectivity index is 2.39. The number of anilines is 1. The molecule has 0 aliphatic heterocycles. The molecule has 0 atom stereocenters. The summed E-state index contributed by atoms with van der Waals surface area (Å²) < 4.78 is 14.0. The molecule has 0 bridgehead atoms. The lowest BCUT2D eigenvalue weighted by atomic mass is 10.1. The Kier molecular flexibility index (Phi) is 3.95. The smallest absolute Gasteiger partial charge is 0.261 e. The van der Waals surface area contributed by atoms with E-state index >= 15 is 0 Å². The van der Waals surface area contributed by atoms with Crippen molar-refractivity contribution in [2.45, 2.75) is 13.8 Å². The number of hydrogen-bond donors (Lipinski definition) is 0. The Morgan fingerprint density at radius 1 is 1.11 bits per heavy atom. The lowest BCUT2D eigenvalue weighted by Gasteiger charge is -2.21. The molecule has 98 valence electrons. The first-order valence-electron chi connectivity index (χ1n) is 6.27. The molecule has 3 heteroatoms. The van der Waals surface area contributed by atoms with Crippen LogP contribution in [0, 0.1) is 12.7 Å². The zero-order valence-corrected chi connectivity index (χ0v) is 11.1. The minimum absolute atomic E-state index is 0.116. The minimum Gasteiger partial charge on any atom is -0.309 e. The van der Waals surface area contributed by atoms with Crippen LogP contribution in [0.5, 0.6) is 0 Å². The lowest BCUT2D eigenvalue weighted by Crippen LogP contribution is -2.31. The van der Waals surface area contributed by atoms with Crippen LogP contribution >= 0.6 is 0 Å². The summed E-state index contributed by atoms with van der Waals surface area (Å²) in [6.07, 6.45) is 0. The molecule has 0 aliphatic carbocycles. The molecule has 19 heavy (non-hydrogen) atoms. The number of rotatable bonds is 3. The Morgan fingerprint density at radius 3 is 2.42 bits per heavy atom. The van der Waals surface area contributed by atoms with Gasteiger partial charge < -0.3 is 4.90 Å². The Labute approximate surface area is 112 Å². The number of benzene rings is 2. The molecule has 0 spiro atoms. The van der Waals surface area contributed by atoms with Crippen molar-refractivity contribution in [2.24, 2.45) is 0 Å². The second kappa shape index (κ2) is 5.65. The van der Waals surface area contributed by atoms with Gasteiger partial charge in [0.1, 0.15) is 5.82 Å². The van der Waals surface area contributed by atoms with Crippen molar-refractivity contribution in [3.63, 3.8) is 0 Å². The predicted molar refractivity (Wildman–Crippen MR) is 74.9 cm³/mol. The van der Waals surface area contributed by atoms with Crippen LogP contribution in [0.4, 0.5) is 10.1 Å². The molecule has 2 aromatic carbocycles. The number of carbonyl (C=O) groups is 1. The van der Waals surface area contributed by atoms with Gasteiger partial charge in [0.2, 0.25) is 0 Å². The highest BCUT2D eigenvalue weighted by molar-refractivity contribution is 6.06. The van der Waals surface area contributed by atoms with Gasteiger partial charge in [0, 0.05) is 12.2 Å². The molecule has 0 saturated carbocycles. The highest BCUT2D eigenvalue weighted by Gasteiger charge is 2.19. The van der Waals surface area contributed by atoms with E-state index in [1.165, 1.54) is 6.07 Å². The van der Waals surface area contributed by atoms with Gasteiger partial charge in [-0.3, -0.25) is 4.79 Å². The van der Waals surface area contributed by atoms with Crippen LogP contribution in [0.1, 0.15) is 22.8 Å². The van der Waals surface area contributed by atoms with Gasteiger partial charge in [-0.15, -0.1) is 0 Å². The highest BCUT2D eigenvalue weighted by Crippen LogP contribution is 2.19. The molecule has 0 N–H and O–H groups in total. The molecule has 2 nitrogen and oxygen atoms in total. The monoisotopic (exact) mass is 257 g/mol. The van der Waals surface area contributed by atoms with Gasteiger partial charge in [0.25, 0.3) is 5.91 Å². The molecule has 2 rings (SSSR count). The number of para-hydroxylation sites is 1. The van der Waals surface area contributed by atoms with Crippen LogP contribution in [-0.2, 0) is 0 Å². The van der Waals surface area contributed by atoms with Gasteiger partial charge in [-0.2, -0.15) is 0 Å². The number of hydrogen-bond acceptors (Lipinski definition) is 1. The van der Waals surface area contributed by atoms with Gasteiger partial charge in [-0.1, -0.05) is 30.3 Å². The second-order valence-corrected chi connectivity index (χ2v) is 4.32. The molecule has 0 radical (unpaired) electrons. The molecule has 0 unspecified atom stereocenters. The van der Waals surface area contributed by atoms with Crippen molar-refractivity contribution in [1.82, 2.24) is 0 Å². The quantitative estimate of drug-likeness (QED) is 0.819. The Morgan fingerprint density at radius 2 is 1.79 bits per heavy atom. The third kappa shape index (κ3) is 2.65. The topological polar surface area (TPSA) is 20.3 Å². The van der Waals surface area contributed by atoms with E-state index in [4.69, 9.17) is 0 Å². The fourth-order valence-electron chi connectivity index (χ4n) is 2.01. The summed E-state index contributed by atoms with van der Waals surface area (Å²) in [5, 5.41) is 0. The number of carbonyl (C=O) groups excluding carboxylic acids is 1. The molecule has 0 saturated heterocycles. The lowest BCUT2D eigenvalue weighted by molar-refractivity contribution is 0.0984. The van der Waals surface area contributed by atoms with E-state index in [1.54, 1.807) is 24.0 Å². The summed E-state index contributed by atoms with van der Waals surface area (Å²) in [7, 11) is 0. The van der Waals surface area contributed by atoms with E-state index in [1.807, 2.05) is 37.3 Å². The fourth-order valence-corrected chi connectivity index (χ4v) is 2.01. The Bertz CT molecular complexity index is 581. The van der Waals surface area contributed by atoms with Crippen molar-refractivity contribution in [3.05, 3.63) is 65.5 Å². The zero-order valence-electron chi connectivity index (χ0n) is 11.1. The SMILES string of the molecule is CCN(C(=O)c1cccc(C)c1F)c1ccccc1. The van der Waals surface area contributed by atoms with Crippen molar-refractivity contribution in [3.8, 4) is 0 Å². The predicted octanol–water partition coefficient (Wildman–Crippen LogP) is 3.80. The number of aryl methyl sites for hydroxylation is 1. The van der Waals surface area contributed by atoms with Crippen molar-refractivity contribution in [1.29, 1.82) is 0 Å². The normalized spacial score (nSPS) is 10.3. The summed E-state index contributed by atoms with van der Waals surface area (Å²) in [5.41, 5.74) is 1.37. The van der Waals surface area contributed by atoms with Gasteiger partial charge in [-0.05, 0) is 37.6 Å². The molecular weight excluding hydrogens is 241 g/mol. The summed E-state index contributed by atoms with van der Waals surface area (Å²) >= 11 is 0. The molecule has 0 aliphatic rings. The summed E-state index contributed by atoms with van der Waals surface area (Å²) in [5.74, 6) is -0.753. The summed E-state index contributed by atoms with van der Waals surface area (Å²) in [6.45, 7) is 4.03. The van der Waals surface area contributed by atoms with Crippen molar-refractivity contribution < 1.29 is 9.18 Å². The van der Waals surface area contributed by atoms with Crippen LogP contribution in [0.2, 0.25) is 0 Å². The molecule has 0 fully saturated rings. The minimum atomic E-state index is -0.443. The molecule has 1 amide bonds. The van der Waals surface area contributed by atoms with Crippen LogP contribution in [0.25, 0.3) is 0 Å². The third-order valence-corrected chi connectivity index (χ3v) is 3.05. The van der Waals surface area contributed by atoms with E-state index < -0.39 is 5.82 Å². The summed E-state index contributed by atoms with van der Waals surface area (Å²) in [6, 6.07) is 14.2. The van der Waals surface area contributed by atoms with E-state index in [2.05, 4.69) is 0 Å². The maximum atomic E-state index is 14.0. The van der Waals surface area contributed by atoms with E-state index in [0.717, 1.165) is 5.69 Å². The number of halogens is 1. The van der Waals surface area contributed by atoms with Gasteiger partial charge in [0.05, 0.1) is 5.56 Å². The maximum absolute atomic E-state index is 14.0. The van der Waals surface area contributed by atoms with E-state index in [0.29, 0.717) is 12.1 Å².